The lowest BCUT2D eigenvalue weighted by Crippen LogP contribution is -2.32. The molecule has 0 bridgehead atoms. The molecule has 0 aliphatic rings. The molecule has 0 aliphatic carbocycles. The number of hydrogen-bond acceptors (Lipinski definition) is 5. The highest BCUT2D eigenvalue weighted by atomic mass is 32.1. The van der Waals surface area contributed by atoms with Crippen molar-refractivity contribution in [2.45, 2.75) is 52.7 Å². The Morgan fingerprint density at radius 3 is 2.75 bits per heavy atom. The first-order valence-electron chi connectivity index (χ1n) is 7.40. The Hall–Kier alpha value is -0.490. The standard InChI is InChI=1S/C15H28N2O2S/c1-11(2)6-5-7-19-10-14(18)9-16-13(4)15-17-8-12(3)20-15/h8,11,13-14,16,18H,5-7,9-10H2,1-4H3. The third-order valence-electron chi connectivity index (χ3n) is 3.05. The van der Waals surface area contributed by atoms with Gasteiger partial charge in [0.1, 0.15) is 5.01 Å². The Kier molecular flexibility index (Phi) is 8.30. The van der Waals surface area contributed by atoms with Gasteiger partial charge in [-0.25, -0.2) is 4.98 Å². The zero-order chi connectivity index (χ0) is 15.0. The summed E-state index contributed by atoms with van der Waals surface area (Å²) < 4.78 is 5.48. The molecule has 4 nitrogen and oxygen atoms in total. The van der Waals surface area contributed by atoms with E-state index in [2.05, 4.69) is 31.1 Å². The number of hydrogen-bond donors (Lipinski definition) is 2. The van der Waals surface area contributed by atoms with Crippen molar-refractivity contribution in [1.82, 2.24) is 10.3 Å². The van der Waals surface area contributed by atoms with Crippen LogP contribution in [0.25, 0.3) is 0 Å². The first-order chi connectivity index (χ1) is 9.49. The van der Waals surface area contributed by atoms with Gasteiger partial charge in [0, 0.05) is 24.2 Å². The van der Waals surface area contributed by atoms with Gasteiger partial charge in [-0.3, -0.25) is 0 Å². The predicted molar refractivity (Wildman–Crippen MR) is 84.2 cm³/mol. The molecule has 5 heteroatoms. The minimum atomic E-state index is -0.461. The van der Waals surface area contributed by atoms with Crippen LogP contribution in [-0.2, 0) is 4.74 Å². The van der Waals surface area contributed by atoms with Crippen molar-refractivity contribution in [1.29, 1.82) is 0 Å². The Bertz CT molecular complexity index is 369. The second kappa shape index (κ2) is 9.45. The summed E-state index contributed by atoms with van der Waals surface area (Å²) in [5.41, 5.74) is 0. The molecule has 0 saturated carbocycles. The molecule has 20 heavy (non-hydrogen) atoms. The molecular formula is C15H28N2O2S. The van der Waals surface area contributed by atoms with Gasteiger partial charge in [-0.2, -0.15) is 0 Å². The fourth-order valence-electron chi connectivity index (χ4n) is 1.84. The normalized spacial score (nSPS) is 14.7. The van der Waals surface area contributed by atoms with E-state index < -0.39 is 6.10 Å². The van der Waals surface area contributed by atoms with Crippen LogP contribution in [0.15, 0.2) is 6.20 Å². The Morgan fingerprint density at radius 2 is 2.15 bits per heavy atom. The number of aryl methyl sites for hydroxylation is 1. The van der Waals surface area contributed by atoms with Crippen LogP contribution in [0.1, 0.15) is 49.5 Å². The number of thiazole rings is 1. The summed E-state index contributed by atoms with van der Waals surface area (Å²) in [6, 6.07) is 0.171. The minimum absolute atomic E-state index is 0.171. The maximum atomic E-state index is 9.85. The molecule has 1 aromatic rings. The average Bonchev–Trinajstić information content (AvgIpc) is 2.82. The molecule has 0 fully saturated rings. The van der Waals surface area contributed by atoms with Crippen molar-refractivity contribution in [3.63, 3.8) is 0 Å². The van der Waals surface area contributed by atoms with E-state index in [1.54, 1.807) is 11.3 Å². The molecule has 0 amide bonds. The second-order valence-electron chi connectivity index (χ2n) is 5.70. The van der Waals surface area contributed by atoms with Crippen molar-refractivity contribution in [3.8, 4) is 0 Å². The van der Waals surface area contributed by atoms with Crippen LogP contribution in [-0.4, -0.2) is 36.0 Å². The average molecular weight is 300 g/mol. The van der Waals surface area contributed by atoms with Gasteiger partial charge in [-0.15, -0.1) is 11.3 Å². The van der Waals surface area contributed by atoms with Gasteiger partial charge in [-0.05, 0) is 32.6 Å². The summed E-state index contributed by atoms with van der Waals surface area (Å²) in [4.78, 5) is 5.55. The lowest BCUT2D eigenvalue weighted by Gasteiger charge is -2.16. The van der Waals surface area contributed by atoms with Crippen molar-refractivity contribution >= 4 is 11.3 Å². The number of aliphatic hydroxyl groups excluding tert-OH is 1. The molecule has 0 aliphatic heterocycles. The van der Waals surface area contributed by atoms with E-state index in [9.17, 15) is 5.11 Å². The Labute approximate surface area is 126 Å². The van der Waals surface area contributed by atoms with Gasteiger partial charge >= 0.3 is 0 Å². The van der Waals surface area contributed by atoms with Crippen molar-refractivity contribution in [2.75, 3.05) is 19.8 Å². The van der Waals surface area contributed by atoms with E-state index >= 15 is 0 Å². The van der Waals surface area contributed by atoms with Gasteiger partial charge in [0.15, 0.2) is 0 Å². The second-order valence-corrected chi connectivity index (χ2v) is 6.97. The Morgan fingerprint density at radius 1 is 1.40 bits per heavy atom. The molecule has 2 unspecified atom stereocenters. The third kappa shape index (κ3) is 7.33. The highest BCUT2D eigenvalue weighted by molar-refractivity contribution is 7.11. The molecule has 0 saturated heterocycles. The fraction of sp³-hybridized carbons (Fsp3) is 0.800. The topological polar surface area (TPSA) is 54.4 Å². The van der Waals surface area contributed by atoms with E-state index in [0.29, 0.717) is 19.1 Å². The van der Waals surface area contributed by atoms with E-state index in [0.717, 1.165) is 18.0 Å². The largest absolute Gasteiger partial charge is 0.389 e. The first-order valence-corrected chi connectivity index (χ1v) is 8.22. The van der Waals surface area contributed by atoms with Crippen molar-refractivity contribution in [3.05, 3.63) is 16.1 Å². The lowest BCUT2D eigenvalue weighted by atomic mass is 10.1. The van der Waals surface area contributed by atoms with Gasteiger partial charge in [0.05, 0.1) is 18.8 Å². The van der Waals surface area contributed by atoms with Crippen LogP contribution in [0.5, 0.6) is 0 Å². The van der Waals surface area contributed by atoms with Crippen LogP contribution in [0, 0.1) is 12.8 Å². The summed E-state index contributed by atoms with van der Waals surface area (Å²) in [7, 11) is 0. The van der Waals surface area contributed by atoms with Gasteiger partial charge < -0.3 is 15.2 Å². The maximum Gasteiger partial charge on any atom is 0.109 e. The smallest absolute Gasteiger partial charge is 0.109 e. The lowest BCUT2D eigenvalue weighted by molar-refractivity contribution is 0.0337. The third-order valence-corrected chi connectivity index (χ3v) is 4.15. The van der Waals surface area contributed by atoms with Gasteiger partial charge in [-0.1, -0.05) is 13.8 Å². The molecule has 0 spiro atoms. The van der Waals surface area contributed by atoms with Crippen molar-refractivity contribution < 1.29 is 9.84 Å². The highest BCUT2D eigenvalue weighted by Crippen LogP contribution is 2.18. The molecule has 116 valence electrons. The number of rotatable bonds is 10. The number of aliphatic hydroxyl groups is 1. The fourth-order valence-corrected chi connectivity index (χ4v) is 2.65. The monoisotopic (exact) mass is 300 g/mol. The van der Waals surface area contributed by atoms with Gasteiger partial charge in [0.25, 0.3) is 0 Å². The highest BCUT2D eigenvalue weighted by Gasteiger charge is 2.11. The predicted octanol–water partition coefficient (Wildman–Crippen LogP) is 2.92. The molecule has 0 radical (unpaired) electrons. The number of nitrogens with zero attached hydrogens (tertiary/aromatic N) is 1. The van der Waals surface area contributed by atoms with Crippen LogP contribution >= 0.6 is 11.3 Å². The van der Waals surface area contributed by atoms with Crippen LogP contribution in [0.3, 0.4) is 0 Å². The number of aromatic nitrogens is 1. The molecule has 1 heterocycles. The minimum Gasteiger partial charge on any atom is -0.389 e. The van der Waals surface area contributed by atoms with E-state index in [1.807, 2.05) is 13.1 Å². The molecule has 1 rings (SSSR count). The molecule has 1 aromatic heterocycles. The summed E-state index contributed by atoms with van der Waals surface area (Å²) >= 11 is 1.69. The zero-order valence-electron chi connectivity index (χ0n) is 13.1. The molecule has 2 atom stereocenters. The Balaban J connectivity index is 2.09. The summed E-state index contributed by atoms with van der Waals surface area (Å²) in [5, 5.41) is 14.2. The van der Waals surface area contributed by atoms with Crippen LogP contribution in [0.4, 0.5) is 0 Å². The quantitative estimate of drug-likeness (QED) is 0.652. The van der Waals surface area contributed by atoms with Crippen LogP contribution < -0.4 is 5.32 Å². The van der Waals surface area contributed by atoms with E-state index in [1.165, 1.54) is 11.3 Å². The van der Waals surface area contributed by atoms with E-state index in [-0.39, 0.29) is 6.04 Å². The van der Waals surface area contributed by atoms with Crippen molar-refractivity contribution in [2.24, 2.45) is 5.92 Å². The number of ether oxygens (including phenoxy) is 1. The first kappa shape index (κ1) is 17.6. The molecule has 2 N–H and O–H groups in total. The molecular weight excluding hydrogens is 272 g/mol. The SMILES string of the molecule is Cc1cnc(C(C)NCC(O)COCCCC(C)C)s1. The summed E-state index contributed by atoms with van der Waals surface area (Å²) in [5.74, 6) is 0.716. The number of nitrogens with one attached hydrogen (secondary N) is 1. The maximum absolute atomic E-state index is 9.85. The van der Waals surface area contributed by atoms with E-state index in [4.69, 9.17) is 4.74 Å². The molecule has 0 aromatic carbocycles. The summed E-state index contributed by atoms with van der Waals surface area (Å²) in [6.45, 7) is 10.2. The summed E-state index contributed by atoms with van der Waals surface area (Å²) in [6.07, 6.45) is 3.66. The zero-order valence-corrected chi connectivity index (χ0v) is 13.9. The van der Waals surface area contributed by atoms with Gasteiger partial charge in [0.2, 0.25) is 0 Å². The van der Waals surface area contributed by atoms with Crippen LogP contribution in [0.2, 0.25) is 0 Å².